The van der Waals surface area contributed by atoms with Gasteiger partial charge < -0.3 is 25.2 Å². The monoisotopic (exact) mass is 451 g/mol. The van der Waals surface area contributed by atoms with Crippen LogP contribution in [0.1, 0.15) is 25.7 Å². The van der Waals surface area contributed by atoms with E-state index in [4.69, 9.17) is 9.29 Å². The van der Waals surface area contributed by atoms with E-state index in [9.17, 15) is 33.1 Å². The molecule has 0 aromatic rings. The van der Waals surface area contributed by atoms with Crippen molar-refractivity contribution >= 4 is 38.0 Å². The Bertz CT molecular complexity index is 611. The SMILES string of the molecule is C[S@@](=O)CCCCC/C(=N\OS(=O)(=O)O)S[C@H]1O[C@H](CO)[C@@H](O)[C@@H](O)[C@@H]1O. The molecule has 0 aliphatic carbocycles. The van der Waals surface area contributed by atoms with Crippen molar-refractivity contribution in [1.29, 1.82) is 0 Å². The van der Waals surface area contributed by atoms with Gasteiger partial charge >= 0.3 is 10.4 Å². The first-order valence-electron chi connectivity index (χ1n) is 8.05. The first-order chi connectivity index (χ1) is 12.5. The second-order valence-corrected chi connectivity index (χ2v) is 9.62. The Kier molecular flexibility index (Phi) is 10.6. The minimum atomic E-state index is -4.83. The minimum absolute atomic E-state index is 0.0505. The lowest BCUT2D eigenvalue weighted by Gasteiger charge is -2.39. The van der Waals surface area contributed by atoms with Gasteiger partial charge in [-0.15, -0.1) is 0 Å². The fourth-order valence-corrected chi connectivity index (χ4v) is 4.22. The van der Waals surface area contributed by atoms with Crippen LogP contribution in [0.15, 0.2) is 5.16 Å². The molecule has 11 nitrogen and oxygen atoms in total. The second kappa shape index (κ2) is 11.6. The number of hydrogen-bond acceptors (Lipinski definition) is 11. The maximum atomic E-state index is 11.0. The molecule has 0 spiro atoms. The van der Waals surface area contributed by atoms with Crippen LogP contribution in [-0.4, -0.2) is 91.1 Å². The summed E-state index contributed by atoms with van der Waals surface area (Å²) >= 11 is 0.739. The van der Waals surface area contributed by atoms with Crippen molar-refractivity contribution in [2.24, 2.45) is 5.16 Å². The zero-order valence-electron chi connectivity index (χ0n) is 14.6. The van der Waals surface area contributed by atoms with Gasteiger partial charge in [0.1, 0.15) is 34.9 Å². The number of hydrogen-bond donors (Lipinski definition) is 5. The van der Waals surface area contributed by atoms with Crippen LogP contribution in [0.4, 0.5) is 0 Å². The van der Waals surface area contributed by atoms with E-state index in [1.54, 1.807) is 6.26 Å². The number of oxime groups is 1. The topological polar surface area (TPSA) is 183 Å². The van der Waals surface area contributed by atoms with Crippen LogP contribution >= 0.6 is 11.8 Å². The first-order valence-corrected chi connectivity index (χ1v) is 12.0. The molecule has 0 radical (unpaired) electrons. The molecular formula is C13H25NO10S3. The zero-order valence-corrected chi connectivity index (χ0v) is 17.0. The van der Waals surface area contributed by atoms with E-state index in [1.807, 2.05) is 0 Å². The number of unbranched alkanes of at least 4 members (excludes halogenated alkanes) is 2. The average Bonchev–Trinajstić information content (AvgIpc) is 2.58. The summed E-state index contributed by atoms with van der Waals surface area (Å²) in [6, 6.07) is 0. The van der Waals surface area contributed by atoms with E-state index < -0.39 is 57.7 Å². The van der Waals surface area contributed by atoms with Crippen LogP contribution in [0, 0.1) is 0 Å². The standard InChI is InChI=1S/C13H25NO10S3/c1-26(19)6-4-2-3-5-9(14-24-27(20,21)22)25-13-12(18)11(17)10(16)8(7-15)23-13/h8,10-13,15-18H,2-7H2,1H3,(H,20,21,22)/b14-9+/t8-,10-,11-,12+,13-,26-/m1/s1. The van der Waals surface area contributed by atoms with Gasteiger partial charge in [-0.2, -0.15) is 8.42 Å². The molecule has 0 saturated carbocycles. The molecule has 27 heavy (non-hydrogen) atoms. The van der Waals surface area contributed by atoms with Gasteiger partial charge in [0.05, 0.1) is 6.61 Å². The van der Waals surface area contributed by atoms with E-state index >= 15 is 0 Å². The average molecular weight is 452 g/mol. The van der Waals surface area contributed by atoms with Crippen molar-refractivity contribution in [3.63, 3.8) is 0 Å². The van der Waals surface area contributed by atoms with Crippen LogP contribution in [0.5, 0.6) is 0 Å². The number of aliphatic hydroxyl groups excluding tert-OH is 4. The van der Waals surface area contributed by atoms with E-state index in [0.29, 0.717) is 25.0 Å². The first kappa shape index (κ1) is 24.7. The quantitative estimate of drug-likeness (QED) is 0.0864. The van der Waals surface area contributed by atoms with Gasteiger partial charge in [0.15, 0.2) is 0 Å². The number of aliphatic hydroxyl groups is 4. The summed E-state index contributed by atoms with van der Waals surface area (Å²) < 4.78 is 50.5. The molecule has 1 aliphatic heterocycles. The van der Waals surface area contributed by atoms with E-state index in [1.165, 1.54) is 0 Å². The van der Waals surface area contributed by atoms with Crippen LogP contribution in [0.3, 0.4) is 0 Å². The van der Waals surface area contributed by atoms with Crippen LogP contribution < -0.4 is 0 Å². The van der Waals surface area contributed by atoms with Crippen molar-refractivity contribution in [3.05, 3.63) is 0 Å². The van der Waals surface area contributed by atoms with Crippen molar-refractivity contribution in [2.75, 3.05) is 18.6 Å². The Balaban J connectivity index is 2.75. The van der Waals surface area contributed by atoms with Gasteiger partial charge in [0, 0.05) is 22.8 Å². The summed E-state index contributed by atoms with van der Waals surface area (Å²) in [5.74, 6) is 0.522. The number of rotatable bonds is 10. The second-order valence-electron chi connectivity index (χ2n) is 5.89. The fraction of sp³-hybridized carbons (Fsp3) is 0.923. The van der Waals surface area contributed by atoms with Crippen LogP contribution in [-0.2, 0) is 30.2 Å². The molecule has 160 valence electrons. The molecule has 1 rings (SSSR count). The molecule has 0 amide bonds. The molecular weight excluding hydrogens is 426 g/mol. The summed E-state index contributed by atoms with van der Waals surface area (Å²) in [5, 5.41) is 42.2. The van der Waals surface area contributed by atoms with Gasteiger partial charge in [0.2, 0.25) is 0 Å². The third-order valence-electron chi connectivity index (χ3n) is 3.66. The third kappa shape index (κ3) is 9.15. The third-order valence-corrected chi connectivity index (χ3v) is 5.96. The predicted molar refractivity (Wildman–Crippen MR) is 98.8 cm³/mol. The van der Waals surface area contributed by atoms with Gasteiger partial charge in [-0.05, 0) is 19.3 Å². The normalized spacial score (nSPS) is 30.9. The molecule has 1 saturated heterocycles. The minimum Gasteiger partial charge on any atom is -0.394 e. The number of nitrogens with zero attached hydrogens (tertiary/aromatic N) is 1. The molecule has 0 unspecified atom stereocenters. The zero-order chi connectivity index (χ0) is 20.6. The Morgan fingerprint density at radius 3 is 2.41 bits per heavy atom. The lowest BCUT2D eigenvalue weighted by Crippen LogP contribution is -2.57. The van der Waals surface area contributed by atoms with Gasteiger partial charge in [-0.25, -0.2) is 4.28 Å². The Morgan fingerprint density at radius 1 is 1.19 bits per heavy atom. The molecule has 1 fully saturated rings. The Labute approximate surface area is 164 Å². The molecule has 5 N–H and O–H groups in total. The Morgan fingerprint density at radius 2 is 1.85 bits per heavy atom. The highest BCUT2D eigenvalue weighted by Crippen LogP contribution is 2.30. The predicted octanol–water partition coefficient (Wildman–Crippen LogP) is -1.41. The van der Waals surface area contributed by atoms with Gasteiger partial charge in [0.25, 0.3) is 0 Å². The molecule has 0 aromatic heterocycles. The summed E-state index contributed by atoms with van der Waals surface area (Å²) in [5.41, 5.74) is -1.16. The lowest BCUT2D eigenvalue weighted by atomic mass is 10.0. The molecule has 0 aromatic carbocycles. The molecule has 6 atom stereocenters. The maximum absolute atomic E-state index is 11.0. The van der Waals surface area contributed by atoms with Crippen molar-refractivity contribution in [1.82, 2.24) is 0 Å². The Hall–Kier alpha value is -0.320. The maximum Gasteiger partial charge on any atom is 0.466 e. The molecule has 14 heteroatoms. The van der Waals surface area contributed by atoms with E-state index in [0.717, 1.165) is 11.8 Å². The molecule has 1 aliphatic rings. The number of thioether (sulfide) groups is 1. The molecule has 0 bridgehead atoms. The van der Waals surface area contributed by atoms with Gasteiger partial charge in [-0.3, -0.25) is 8.76 Å². The summed E-state index contributed by atoms with van der Waals surface area (Å²) in [7, 11) is -5.75. The lowest BCUT2D eigenvalue weighted by molar-refractivity contribution is -0.205. The van der Waals surface area contributed by atoms with Crippen molar-refractivity contribution in [2.45, 2.75) is 55.5 Å². The van der Waals surface area contributed by atoms with Gasteiger partial charge in [-0.1, -0.05) is 23.3 Å². The summed E-state index contributed by atoms with van der Waals surface area (Å²) in [6.45, 7) is -0.607. The largest absolute Gasteiger partial charge is 0.466 e. The summed E-state index contributed by atoms with van der Waals surface area (Å²) in [6.07, 6.45) is -2.11. The summed E-state index contributed by atoms with van der Waals surface area (Å²) in [4.78, 5) is 0. The highest BCUT2D eigenvalue weighted by molar-refractivity contribution is 8.14. The fourth-order valence-electron chi connectivity index (χ4n) is 2.27. The highest BCUT2D eigenvalue weighted by atomic mass is 32.3. The van der Waals surface area contributed by atoms with Crippen molar-refractivity contribution < 1.29 is 46.6 Å². The highest BCUT2D eigenvalue weighted by Gasteiger charge is 2.44. The molecule has 1 heterocycles. The smallest absolute Gasteiger partial charge is 0.394 e. The van der Waals surface area contributed by atoms with Crippen LogP contribution in [0.25, 0.3) is 0 Å². The van der Waals surface area contributed by atoms with E-state index in [-0.39, 0.29) is 11.5 Å². The number of ether oxygens (including phenoxy) is 1. The van der Waals surface area contributed by atoms with E-state index in [2.05, 4.69) is 9.44 Å². The van der Waals surface area contributed by atoms with Crippen LogP contribution in [0.2, 0.25) is 0 Å². The van der Waals surface area contributed by atoms with Crippen molar-refractivity contribution in [3.8, 4) is 0 Å².